The van der Waals surface area contributed by atoms with Gasteiger partial charge in [-0.15, -0.1) is 0 Å². The number of benzene rings is 1. The molecular weight excluding hydrogens is 216 g/mol. The van der Waals surface area contributed by atoms with Gasteiger partial charge in [-0.2, -0.15) is 0 Å². The topological polar surface area (TPSA) is 46.5 Å². The van der Waals surface area contributed by atoms with Crippen molar-refractivity contribution < 1.29 is 14.6 Å². The fourth-order valence-corrected chi connectivity index (χ4v) is 1.12. The Hall–Kier alpha value is -1.06. The maximum absolute atomic E-state index is 11.4. The Labute approximate surface area is 93.6 Å². The first-order valence-corrected chi connectivity index (χ1v) is 5.08. The molecule has 3 nitrogen and oxygen atoms in total. The highest BCUT2D eigenvalue weighted by atomic mass is 35.5. The van der Waals surface area contributed by atoms with Gasteiger partial charge in [0.1, 0.15) is 0 Å². The van der Waals surface area contributed by atoms with E-state index in [0.717, 1.165) is 0 Å². The number of ether oxygens (including phenoxy) is 1. The third-order valence-electron chi connectivity index (χ3n) is 1.85. The number of carbonyl (C=O) groups excluding carboxylic acids is 1. The van der Waals surface area contributed by atoms with Crippen LogP contribution in [0.15, 0.2) is 24.3 Å². The third-order valence-corrected chi connectivity index (χ3v) is 2.10. The lowest BCUT2D eigenvalue weighted by atomic mass is 10.2. The van der Waals surface area contributed by atoms with Crippen molar-refractivity contribution in [2.24, 2.45) is 0 Å². The molecule has 4 heteroatoms. The summed E-state index contributed by atoms with van der Waals surface area (Å²) in [4.78, 5) is 11.4. The van der Waals surface area contributed by atoms with Crippen LogP contribution in [0.25, 0.3) is 0 Å². The van der Waals surface area contributed by atoms with Crippen LogP contribution in [0.4, 0.5) is 0 Å². The highest BCUT2D eigenvalue weighted by Gasteiger charge is 2.06. The molecule has 1 N–H and O–H groups in total. The van der Waals surface area contributed by atoms with E-state index in [1.54, 1.807) is 31.2 Å². The summed E-state index contributed by atoms with van der Waals surface area (Å²) in [7, 11) is 0. The molecule has 0 bridgehead atoms. The average Bonchev–Trinajstić information content (AvgIpc) is 2.18. The molecule has 0 aliphatic carbocycles. The molecule has 0 amide bonds. The Bertz CT molecular complexity index is 319. The quantitative estimate of drug-likeness (QED) is 0.805. The number of aliphatic hydroxyl groups is 1. The maximum atomic E-state index is 11.4. The van der Waals surface area contributed by atoms with Crippen molar-refractivity contribution in [1.29, 1.82) is 0 Å². The lowest BCUT2D eigenvalue weighted by Crippen LogP contribution is -2.10. The predicted molar refractivity (Wildman–Crippen MR) is 58.0 cm³/mol. The van der Waals surface area contributed by atoms with Crippen LogP contribution < -0.4 is 0 Å². The first-order valence-electron chi connectivity index (χ1n) is 4.70. The van der Waals surface area contributed by atoms with Gasteiger partial charge < -0.3 is 9.84 Å². The van der Waals surface area contributed by atoms with Gasteiger partial charge in [-0.1, -0.05) is 11.6 Å². The van der Waals surface area contributed by atoms with Crippen molar-refractivity contribution >= 4 is 17.6 Å². The number of halogens is 1. The van der Waals surface area contributed by atoms with Crippen LogP contribution in [0.3, 0.4) is 0 Å². The number of aliphatic hydroxyl groups excluding tert-OH is 1. The molecule has 1 aromatic carbocycles. The Morgan fingerprint density at radius 3 is 2.60 bits per heavy atom. The average molecular weight is 229 g/mol. The van der Waals surface area contributed by atoms with Crippen molar-refractivity contribution in [3.8, 4) is 0 Å². The highest BCUT2D eigenvalue weighted by molar-refractivity contribution is 6.30. The van der Waals surface area contributed by atoms with Crippen LogP contribution in [-0.2, 0) is 4.74 Å². The van der Waals surface area contributed by atoms with Gasteiger partial charge in [-0.3, -0.25) is 0 Å². The second-order valence-corrected chi connectivity index (χ2v) is 3.72. The smallest absolute Gasteiger partial charge is 0.338 e. The summed E-state index contributed by atoms with van der Waals surface area (Å²) in [5.74, 6) is -0.396. The third kappa shape index (κ3) is 4.32. The Kier molecular flexibility index (Phi) is 4.59. The van der Waals surface area contributed by atoms with Crippen molar-refractivity contribution in [1.82, 2.24) is 0 Å². The van der Waals surface area contributed by atoms with E-state index in [9.17, 15) is 4.79 Å². The molecule has 0 spiro atoms. The number of hydrogen-bond donors (Lipinski definition) is 1. The molecule has 0 radical (unpaired) electrons. The van der Waals surface area contributed by atoms with Gasteiger partial charge in [0, 0.05) is 11.4 Å². The molecule has 0 aliphatic heterocycles. The van der Waals surface area contributed by atoms with Crippen LogP contribution in [0.1, 0.15) is 23.7 Å². The van der Waals surface area contributed by atoms with Crippen LogP contribution in [0.5, 0.6) is 0 Å². The monoisotopic (exact) mass is 228 g/mol. The molecule has 15 heavy (non-hydrogen) atoms. The summed E-state index contributed by atoms with van der Waals surface area (Å²) in [6, 6.07) is 6.47. The summed E-state index contributed by atoms with van der Waals surface area (Å²) in [5.41, 5.74) is 0.463. The zero-order valence-corrected chi connectivity index (χ0v) is 9.20. The molecule has 1 atom stereocenters. The van der Waals surface area contributed by atoms with Gasteiger partial charge in [0.25, 0.3) is 0 Å². The van der Waals surface area contributed by atoms with Gasteiger partial charge in [0.05, 0.1) is 18.3 Å². The SMILES string of the molecule is CC(O)CCOC(=O)c1ccc(Cl)cc1. The zero-order valence-electron chi connectivity index (χ0n) is 8.44. The molecule has 0 saturated heterocycles. The largest absolute Gasteiger partial charge is 0.462 e. The highest BCUT2D eigenvalue weighted by Crippen LogP contribution is 2.10. The molecule has 0 heterocycles. The first-order chi connectivity index (χ1) is 7.09. The number of rotatable bonds is 4. The van der Waals surface area contributed by atoms with Gasteiger partial charge in [0.2, 0.25) is 0 Å². The maximum Gasteiger partial charge on any atom is 0.338 e. The van der Waals surface area contributed by atoms with E-state index < -0.39 is 12.1 Å². The molecular formula is C11H13ClO3. The van der Waals surface area contributed by atoms with Crippen molar-refractivity contribution in [2.45, 2.75) is 19.4 Å². The summed E-state index contributed by atoms with van der Waals surface area (Å²) in [6.45, 7) is 1.87. The summed E-state index contributed by atoms with van der Waals surface area (Å²) in [6.07, 6.45) is -0.0118. The summed E-state index contributed by atoms with van der Waals surface area (Å²) in [5, 5.41) is 9.54. The van der Waals surface area contributed by atoms with Gasteiger partial charge in [-0.05, 0) is 31.2 Å². The molecule has 1 aromatic rings. The Morgan fingerprint density at radius 1 is 1.47 bits per heavy atom. The predicted octanol–water partition coefficient (Wildman–Crippen LogP) is 2.27. The van der Waals surface area contributed by atoms with E-state index in [1.807, 2.05) is 0 Å². The number of carbonyl (C=O) groups is 1. The normalized spacial score (nSPS) is 12.2. The number of hydrogen-bond acceptors (Lipinski definition) is 3. The standard InChI is InChI=1S/C11H13ClO3/c1-8(13)6-7-15-11(14)9-2-4-10(12)5-3-9/h2-5,8,13H,6-7H2,1H3. The minimum absolute atomic E-state index is 0.221. The summed E-state index contributed by atoms with van der Waals surface area (Å²) < 4.78 is 4.94. The van der Waals surface area contributed by atoms with Crippen LogP contribution in [-0.4, -0.2) is 23.8 Å². The molecule has 0 aromatic heterocycles. The van der Waals surface area contributed by atoms with Crippen LogP contribution >= 0.6 is 11.6 Å². The fraction of sp³-hybridized carbons (Fsp3) is 0.364. The Morgan fingerprint density at radius 2 is 2.07 bits per heavy atom. The first kappa shape index (κ1) is 12.0. The van der Waals surface area contributed by atoms with Crippen molar-refractivity contribution in [3.05, 3.63) is 34.9 Å². The zero-order chi connectivity index (χ0) is 11.3. The lowest BCUT2D eigenvalue weighted by molar-refractivity contribution is 0.0444. The van der Waals surface area contributed by atoms with Gasteiger partial charge in [-0.25, -0.2) is 4.79 Å². The second-order valence-electron chi connectivity index (χ2n) is 3.28. The molecule has 0 fully saturated rings. The van der Waals surface area contributed by atoms with Crippen LogP contribution in [0, 0.1) is 0 Å². The second kappa shape index (κ2) is 5.73. The Balaban J connectivity index is 2.43. The minimum Gasteiger partial charge on any atom is -0.462 e. The van der Waals surface area contributed by atoms with E-state index in [4.69, 9.17) is 21.4 Å². The van der Waals surface area contributed by atoms with E-state index in [-0.39, 0.29) is 6.61 Å². The van der Waals surface area contributed by atoms with Crippen LogP contribution in [0.2, 0.25) is 5.02 Å². The molecule has 1 unspecified atom stereocenters. The van der Waals surface area contributed by atoms with Crippen molar-refractivity contribution in [3.63, 3.8) is 0 Å². The molecule has 0 saturated carbocycles. The molecule has 82 valence electrons. The fourth-order valence-electron chi connectivity index (χ4n) is 0.991. The van der Waals surface area contributed by atoms with Gasteiger partial charge in [0.15, 0.2) is 0 Å². The lowest BCUT2D eigenvalue weighted by Gasteiger charge is -2.06. The van der Waals surface area contributed by atoms with Crippen molar-refractivity contribution in [2.75, 3.05) is 6.61 Å². The van der Waals surface area contributed by atoms with E-state index in [2.05, 4.69) is 0 Å². The number of esters is 1. The summed E-state index contributed by atoms with van der Waals surface area (Å²) >= 11 is 5.68. The minimum atomic E-state index is -0.456. The van der Waals surface area contributed by atoms with E-state index in [1.165, 1.54) is 0 Å². The van der Waals surface area contributed by atoms with Gasteiger partial charge >= 0.3 is 5.97 Å². The van der Waals surface area contributed by atoms with E-state index >= 15 is 0 Å². The van der Waals surface area contributed by atoms with E-state index in [0.29, 0.717) is 17.0 Å². The molecule has 1 rings (SSSR count). The molecule has 0 aliphatic rings.